The summed E-state index contributed by atoms with van der Waals surface area (Å²) in [6, 6.07) is 16.2. The molecule has 8 nitrogen and oxygen atoms in total. The topological polar surface area (TPSA) is 116 Å². The highest BCUT2D eigenvalue weighted by atomic mass is 32.1. The van der Waals surface area contributed by atoms with Crippen molar-refractivity contribution < 1.29 is 9.59 Å². The van der Waals surface area contributed by atoms with Crippen molar-refractivity contribution in [2.45, 2.75) is 57.9 Å². The highest BCUT2D eigenvalue weighted by Crippen LogP contribution is 2.15. The Morgan fingerprint density at radius 3 is 2.09 bits per heavy atom. The van der Waals surface area contributed by atoms with Gasteiger partial charge in [0.25, 0.3) is 0 Å². The van der Waals surface area contributed by atoms with Crippen molar-refractivity contribution in [3.8, 4) is 5.69 Å². The summed E-state index contributed by atoms with van der Waals surface area (Å²) < 4.78 is 2.58. The van der Waals surface area contributed by atoms with Crippen LogP contribution in [0.3, 0.4) is 0 Å². The monoisotopic (exact) mass is 482 g/mol. The second kappa shape index (κ2) is 12.7. The summed E-state index contributed by atoms with van der Waals surface area (Å²) >= 11 is 0.856. The number of hydrogen-bond donors (Lipinski definition) is 2. The standard InChI is InChI=1S/C25H30N4O4S/c26-22(30)12-8-3-1-2-4-9-13-23(31)27-20-14-16-21(17-15-20)29-24(32)28(25(33)34-29)18-19-10-6-5-7-11-19/h5-7,10-11,14-17H,1-4,8-9,12-13,18H2,(H2,26,30)(H,27,31). The molecule has 1 heterocycles. The molecular weight excluding hydrogens is 452 g/mol. The molecule has 9 heteroatoms. The van der Waals surface area contributed by atoms with Gasteiger partial charge in [0, 0.05) is 30.1 Å². The van der Waals surface area contributed by atoms with Gasteiger partial charge in [-0.2, -0.15) is 0 Å². The number of hydrogen-bond acceptors (Lipinski definition) is 5. The minimum atomic E-state index is -0.384. The number of amides is 2. The van der Waals surface area contributed by atoms with E-state index >= 15 is 0 Å². The van der Waals surface area contributed by atoms with Gasteiger partial charge in [0.05, 0.1) is 12.2 Å². The molecule has 1 aromatic heterocycles. The van der Waals surface area contributed by atoms with Gasteiger partial charge in [-0.25, -0.2) is 13.3 Å². The Morgan fingerprint density at radius 2 is 1.44 bits per heavy atom. The minimum absolute atomic E-state index is 0.0580. The van der Waals surface area contributed by atoms with Gasteiger partial charge >= 0.3 is 10.6 Å². The third-order valence-electron chi connectivity index (χ3n) is 5.44. The lowest BCUT2D eigenvalue weighted by Crippen LogP contribution is -2.28. The summed E-state index contributed by atoms with van der Waals surface area (Å²) in [7, 11) is 0. The summed E-state index contributed by atoms with van der Waals surface area (Å²) in [6.07, 6.45) is 6.52. The van der Waals surface area contributed by atoms with Crippen molar-refractivity contribution in [3.05, 3.63) is 80.3 Å². The Morgan fingerprint density at radius 1 is 0.824 bits per heavy atom. The Labute approximate surface area is 202 Å². The second-order valence-electron chi connectivity index (χ2n) is 8.19. The first-order valence-corrected chi connectivity index (χ1v) is 12.3. The van der Waals surface area contributed by atoms with Crippen molar-refractivity contribution in [1.82, 2.24) is 8.52 Å². The SMILES string of the molecule is NC(=O)CCCCCCCCC(=O)Nc1ccc(-n2sc(=O)n(Cc3ccccc3)c2=O)cc1. The molecule has 34 heavy (non-hydrogen) atoms. The lowest BCUT2D eigenvalue weighted by atomic mass is 10.1. The zero-order valence-electron chi connectivity index (χ0n) is 19.1. The maximum Gasteiger partial charge on any atom is 0.346 e. The molecule has 3 rings (SSSR count). The Kier molecular flexibility index (Phi) is 9.40. The number of carbonyl (C=O) groups excluding carboxylic acids is 2. The van der Waals surface area contributed by atoms with Gasteiger partial charge in [0.15, 0.2) is 0 Å². The first kappa shape index (κ1) is 25.2. The molecule has 0 unspecified atom stereocenters. The number of benzene rings is 2. The van der Waals surface area contributed by atoms with Crippen LogP contribution in [0.15, 0.2) is 64.2 Å². The van der Waals surface area contributed by atoms with Gasteiger partial charge in [-0.15, -0.1) is 0 Å². The molecule has 0 bridgehead atoms. The molecule has 2 aromatic carbocycles. The van der Waals surface area contributed by atoms with Crippen LogP contribution < -0.4 is 21.6 Å². The van der Waals surface area contributed by atoms with Crippen LogP contribution in [0, 0.1) is 0 Å². The van der Waals surface area contributed by atoms with Gasteiger partial charge in [-0.3, -0.25) is 14.4 Å². The fraction of sp³-hybridized carbons (Fsp3) is 0.360. The largest absolute Gasteiger partial charge is 0.370 e. The number of nitrogens with two attached hydrogens (primary N) is 1. The number of unbranched alkanes of at least 4 members (excludes halogenated alkanes) is 5. The molecule has 0 saturated carbocycles. The summed E-state index contributed by atoms with van der Waals surface area (Å²) in [5.74, 6) is -0.314. The number of aromatic nitrogens is 2. The van der Waals surface area contributed by atoms with Crippen LogP contribution in [0.25, 0.3) is 5.69 Å². The lowest BCUT2D eigenvalue weighted by Gasteiger charge is -2.07. The molecule has 0 atom stereocenters. The smallest absolute Gasteiger partial charge is 0.346 e. The van der Waals surface area contributed by atoms with E-state index in [1.807, 2.05) is 30.3 Å². The van der Waals surface area contributed by atoms with Crippen LogP contribution in [-0.2, 0) is 16.1 Å². The highest BCUT2D eigenvalue weighted by molar-refractivity contribution is 7.03. The Bertz CT molecular complexity index is 1200. The van der Waals surface area contributed by atoms with E-state index in [9.17, 15) is 19.2 Å². The first-order chi connectivity index (χ1) is 16.4. The Hall–Kier alpha value is -3.46. The zero-order valence-corrected chi connectivity index (χ0v) is 19.9. The van der Waals surface area contributed by atoms with Crippen LogP contribution in [0.1, 0.15) is 56.9 Å². The van der Waals surface area contributed by atoms with Gasteiger partial charge in [-0.1, -0.05) is 56.0 Å². The number of anilines is 1. The molecule has 180 valence electrons. The number of carbonyl (C=O) groups is 2. The van der Waals surface area contributed by atoms with Gasteiger partial charge in [0.1, 0.15) is 0 Å². The Balaban J connectivity index is 1.47. The van der Waals surface area contributed by atoms with Crippen LogP contribution in [-0.4, -0.2) is 20.3 Å². The average Bonchev–Trinajstić information content (AvgIpc) is 3.10. The third-order valence-corrected chi connectivity index (χ3v) is 6.37. The molecule has 0 aliphatic heterocycles. The van der Waals surface area contributed by atoms with Crippen LogP contribution in [0.4, 0.5) is 5.69 Å². The van der Waals surface area contributed by atoms with Crippen molar-refractivity contribution >= 4 is 29.0 Å². The molecule has 3 N–H and O–H groups in total. The quantitative estimate of drug-likeness (QED) is 0.362. The maximum atomic E-state index is 12.8. The zero-order chi connectivity index (χ0) is 24.3. The third kappa shape index (κ3) is 7.55. The van der Waals surface area contributed by atoms with Crippen molar-refractivity contribution in [2.75, 3.05) is 5.32 Å². The maximum absolute atomic E-state index is 12.8. The van der Waals surface area contributed by atoms with E-state index in [1.165, 1.54) is 8.52 Å². The van der Waals surface area contributed by atoms with Gasteiger partial charge in [0.2, 0.25) is 11.8 Å². The number of primary amides is 1. The van der Waals surface area contributed by atoms with E-state index in [1.54, 1.807) is 24.3 Å². The van der Waals surface area contributed by atoms with Crippen LogP contribution >= 0.6 is 11.5 Å². The average molecular weight is 483 g/mol. The van der Waals surface area contributed by atoms with E-state index in [-0.39, 0.29) is 28.9 Å². The van der Waals surface area contributed by atoms with Gasteiger partial charge in [-0.05, 0) is 42.7 Å². The summed E-state index contributed by atoms with van der Waals surface area (Å²) in [6.45, 7) is 0.226. The predicted molar refractivity (Wildman–Crippen MR) is 134 cm³/mol. The van der Waals surface area contributed by atoms with Crippen molar-refractivity contribution in [3.63, 3.8) is 0 Å². The van der Waals surface area contributed by atoms with E-state index < -0.39 is 0 Å². The second-order valence-corrected chi connectivity index (χ2v) is 9.09. The molecule has 3 aromatic rings. The lowest BCUT2D eigenvalue weighted by molar-refractivity contribution is -0.118. The molecule has 0 aliphatic rings. The van der Waals surface area contributed by atoms with Crippen molar-refractivity contribution in [1.29, 1.82) is 0 Å². The molecule has 0 fully saturated rings. The number of nitrogens with one attached hydrogen (secondary N) is 1. The molecule has 0 spiro atoms. The van der Waals surface area contributed by atoms with Crippen LogP contribution in [0.5, 0.6) is 0 Å². The number of rotatable bonds is 13. The van der Waals surface area contributed by atoms with Gasteiger partial charge < -0.3 is 11.1 Å². The van der Waals surface area contributed by atoms with E-state index in [4.69, 9.17) is 5.73 Å². The molecule has 0 saturated heterocycles. The molecular formula is C25H30N4O4S. The highest BCUT2D eigenvalue weighted by Gasteiger charge is 2.12. The summed E-state index contributed by atoms with van der Waals surface area (Å²) in [4.78, 5) is 47.7. The summed E-state index contributed by atoms with van der Waals surface area (Å²) in [5.41, 5.74) is 6.84. The fourth-order valence-corrected chi connectivity index (χ4v) is 4.41. The first-order valence-electron chi connectivity index (χ1n) is 11.5. The minimum Gasteiger partial charge on any atom is -0.370 e. The molecule has 0 aliphatic carbocycles. The normalized spacial score (nSPS) is 10.8. The number of nitrogens with zero attached hydrogens (tertiary/aromatic N) is 2. The van der Waals surface area contributed by atoms with Crippen molar-refractivity contribution in [2.24, 2.45) is 5.73 Å². The molecule has 0 radical (unpaired) electrons. The van der Waals surface area contributed by atoms with E-state index in [2.05, 4.69) is 5.32 Å². The molecule has 2 amide bonds. The van der Waals surface area contributed by atoms with Crippen LogP contribution in [0.2, 0.25) is 0 Å². The summed E-state index contributed by atoms with van der Waals surface area (Å²) in [5, 5.41) is 2.87. The fourth-order valence-electron chi connectivity index (χ4n) is 3.61. The predicted octanol–water partition coefficient (Wildman–Crippen LogP) is 3.65. The van der Waals surface area contributed by atoms with E-state index in [0.29, 0.717) is 24.2 Å². The van der Waals surface area contributed by atoms with E-state index in [0.717, 1.165) is 55.6 Å².